The number of hydrogen-bond acceptors (Lipinski definition) is 8. The maximum atomic E-state index is 2.87. The molecule has 0 bridgehead atoms. The van der Waals surface area contributed by atoms with Crippen LogP contribution in [-0.4, -0.2) is 21.8 Å². The van der Waals surface area contributed by atoms with Crippen molar-refractivity contribution in [1.29, 1.82) is 0 Å². The van der Waals surface area contributed by atoms with Crippen LogP contribution < -0.4 is 50.3 Å². The smallest absolute Gasteiger partial charge is 0.343 e. The van der Waals surface area contributed by atoms with E-state index in [1.165, 1.54) is 238 Å². The molecule has 0 N–H and O–H groups in total. The van der Waals surface area contributed by atoms with E-state index in [4.69, 9.17) is 0 Å². The standard InChI is InChI=1S/C109H90B2N4S4Si/c1-105(2,3)65-45-49-79(72(55-65)61-29-17-15-18-30-61)112-83-58-74-67-47-43-63(53-76(67)109(11,12)96(74)95-71-35-27-41-88-99(71)114(81-37-23-26-40-87(81)117-88)111(98(83)95)104-102(112)75-57-77-78(59-89(75)119-104)108(9,10)52-51-107(77,7)8)64-44-48-82-92(54-64)120(13,14)91-42-28-36-70-94-93-68-33-21-24-38-85(68)116-90(93)60-84-97(94)110(115(82)100(70)91)103-101(69-34-22-25-39-86(69)118-103)113(84)80-50-46-66(106(4,5)6)56-73(80)62-31-19-16-20-32-62/h15-50,53-60H,51-52H2,1-14H3. The third-order valence-corrected chi connectivity index (χ3v) is 37.2. The number of para-hydroxylation sites is 3. The van der Waals surface area contributed by atoms with E-state index < -0.39 is 13.5 Å². The minimum atomic E-state index is -2.55. The van der Waals surface area contributed by atoms with E-state index in [1.54, 1.807) is 0 Å². The molecule has 0 radical (unpaired) electrons. The van der Waals surface area contributed by atoms with Crippen molar-refractivity contribution in [3.05, 3.63) is 300 Å². The molecule has 25 rings (SSSR count). The van der Waals surface area contributed by atoms with Crippen LogP contribution in [0.4, 0.5) is 56.9 Å². The molecule has 120 heavy (non-hydrogen) atoms. The summed E-state index contributed by atoms with van der Waals surface area (Å²) in [6, 6.07) is 106. The van der Waals surface area contributed by atoms with Gasteiger partial charge in [0, 0.05) is 116 Å². The number of fused-ring (bicyclic) bond motifs is 25. The highest BCUT2D eigenvalue weighted by molar-refractivity contribution is 7.99. The Morgan fingerprint density at radius 1 is 0.342 bits per heavy atom. The molecule has 3 aromatic heterocycles. The van der Waals surface area contributed by atoms with Crippen molar-refractivity contribution < 1.29 is 0 Å². The predicted molar refractivity (Wildman–Crippen MR) is 525 cm³/mol. The van der Waals surface area contributed by atoms with E-state index >= 15 is 0 Å². The SMILES string of the molecule is CC(C)(C)c1ccc(N2c3cc4c(c5c3B(c3sc6cc7c(cc6c32)C(C)(C)CCC7(C)C)N2c3ccccc3Sc3cccc-5c32)C(C)(C)c2cc(-c3ccc5c(c3)[Si](C)(C)c3cccc6c3N5B3c5sc7ccccc7c5N(c5ccc(C(C)(C)C)cc5-c5ccccc5)c5cc7sc8ccccc8c7c-6c53)ccc2-4)c(-c2ccccc2)c1. The number of hydrogen-bond donors (Lipinski definition) is 0. The number of rotatable bonds is 5. The van der Waals surface area contributed by atoms with Crippen molar-refractivity contribution in [3.8, 4) is 66.8 Å². The van der Waals surface area contributed by atoms with Crippen molar-refractivity contribution in [2.75, 3.05) is 19.4 Å². The molecule has 0 saturated carbocycles. The van der Waals surface area contributed by atoms with Gasteiger partial charge in [0.1, 0.15) is 8.07 Å². The molecule has 2 aliphatic carbocycles. The van der Waals surface area contributed by atoms with Gasteiger partial charge in [-0.15, -0.1) is 34.0 Å². The van der Waals surface area contributed by atoms with Crippen LogP contribution in [0, 0.1) is 0 Å². The minimum absolute atomic E-state index is 0.00198. The first kappa shape index (κ1) is 72.0. The van der Waals surface area contributed by atoms with Crippen molar-refractivity contribution in [3.63, 3.8) is 0 Å². The number of benzene rings is 14. The highest BCUT2D eigenvalue weighted by Gasteiger charge is 2.56. The van der Waals surface area contributed by atoms with Gasteiger partial charge in [-0.2, -0.15) is 0 Å². The van der Waals surface area contributed by atoms with Gasteiger partial charge in [-0.1, -0.05) is 284 Å². The summed E-state index contributed by atoms with van der Waals surface area (Å²) in [4.78, 5) is 13.8. The predicted octanol–water partition coefficient (Wildman–Crippen LogP) is 27.8. The summed E-state index contributed by atoms with van der Waals surface area (Å²) < 4.78 is 8.11. The summed E-state index contributed by atoms with van der Waals surface area (Å²) in [5.74, 6) is 0. The molecule has 0 unspecified atom stereocenters. The topological polar surface area (TPSA) is 13.0 Å². The Hall–Kier alpha value is -10.9. The van der Waals surface area contributed by atoms with Gasteiger partial charge in [-0.25, -0.2) is 0 Å². The van der Waals surface area contributed by atoms with E-state index in [0.717, 1.165) is 12.8 Å². The fraction of sp³-hybridized carbons (Fsp3) is 0.193. The van der Waals surface area contributed by atoms with Crippen LogP contribution in [0.25, 0.3) is 107 Å². The molecule has 4 nitrogen and oxygen atoms in total. The second-order valence-electron chi connectivity index (χ2n) is 39.6. The van der Waals surface area contributed by atoms with Gasteiger partial charge >= 0.3 is 13.7 Å². The summed E-state index contributed by atoms with van der Waals surface area (Å²) in [7, 11) is -2.55. The third-order valence-electron chi connectivity index (χ3n) is 29.1. The summed E-state index contributed by atoms with van der Waals surface area (Å²) in [5, 5.41) is 8.33. The Kier molecular flexibility index (Phi) is 14.7. The molecule has 0 saturated heterocycles. The van der Waals surface area contributed by atoms with Crippen molar-refractivity contribution in [2.45, 2.75) is 146 Å². The molecule has 14 aromatic carbocycles. The first-order chi connectivity index (χ1) is 57.8. The summed E-state index contributed by atoms with van der Waals surface area (Å²) in [6.07, 6.45) is 2.31. The first-order valence-electron chi connectivity index (χ1n) is 43.1. The minimum Gasteiger partial charge on any atom is -0.376 e. The fourth-order valence-electron chi connectivity index (χ4n) is 22.9. The van der Waals surface area contributed by atoms with E-state index in [0.29, 0.717) is 0 Å². The Bertz CT molecular complexity index is 7470. The molecule has 0 spiro atoms. The van der Waals surface area contributed by atoms with Crippen LogP contribution in [0.1, 0.15) is 129 Å². The average Bonchev–Trinajstić information content (AvgIpc) is 1.38. The van der Waals surface area contributed by atoms with Gasteiger partial charge in [-0.3, -0.25) is 0 Å². The van der Waals surface area contributed by atoms with Crippen LogP contribution in [0.5, 0.6) is 0 Å². The van der Waals surface area contributed by atoms with Crippen molar-refractivity contribution in [2.24, 2.45) is 0 Å². The lowest BCUT2D eigenvalue weighted by Crippen LogP contribution is -2.68. The maximum absolute atomic E-state index is 2.87. The van der Waals surface area contributed by atoms with Gasteiger partial charge in [0.05, 0.1) is 28.4 Å². The van der Waals surface area contributed by atoms with E-state index in [9.17, 15) is 0 Å². The van der Waals surface area contributed by atoms with Gasteiger partial charge in [0.15, 0.2) is 0 Å². The van der Waals surface area contributed by atoms with E-state index in [-0.39, 0.29) is 35.4 Å². The molecule has 0 amide bonds. The van der Waals surface area contributed by atoms with Crippen molar-refractivity contribution in [1.82, 2.24) is 0 Å². The normalized spacial score (nSPS) is 16.5. The van der Waals surface area contributed by atoms with Crippen LogP contribution >= 0.6 is 45.8 Å². The molecule has 580 valence electrons. The van der Waals surface area contributed by atoms with E-state index in [2.05, 4.69) is 394 Å². The maximum Gasteiger partial charge on any atom is 0.343 e. The second-order valence-corrected chi connectivity index (χ2v) is 48.3. The molecule has 6 aliphatic heterocycles. The van der Waals surface area contributed by atoms with E-state index in [1.807, 2.05) is 34.4 Å². The van der Waals surface area contributed by atoms with Gasteiger partial charge in [0.2, 0.25) is 0 Å². The Morgan fingerprint density at radius 2 is 0.875 bits per heavy atom. The Labute approximate surface area is 722 Å². The Balaban J connectivity index is 0.709. The number of anilines is 10. The highest BCUT2D eigenvalue weighted by atomic mass is 32.2. The molecule has 17 aromatic rings. The highest BCUT2D eigenvalue weighted by Crippen LogP contribution is 2.65. The molecule has 8 aliphatic rings. The molecule has 0 atom stereocenters. The lowest BCUT2D eigenvalue weighted by Gasteiger charge is -2.50. The zero-order chi connectivity index (χ0) is 81.2. The molecule has 9 heterocycles. The lowest BCUT2D eigenvalue weighted by molar-refractivity contribution is 0.332. The van der Waals surface area contributed by atoms with Crippen molar-refractivity contribution >= 4 is 196 Å². The summed E-state index contributed by atoms with van der Waals surface area (Å²) >= 11 is 7.95. The zero-order valence-corrected chi connectivity index (χ0v) is 74.7. The third kappa shape index (κ3) is 9.67. The average molecular weight is 1630 g/mol. The quantitative estimate of drug-likeness (QED) is 0.159. The Morgan fingerprint density at radius 3 is 1.55 bits per heavy atom. The van der Waals surface area contributed by atoms with Crippen LogP contribution in [0.15, 0.2) is 277 Å². The monoisotopic (exact) mass is 1630 g/mol. The zero-order valence-electron chi connectivity index (χ0n) is 70.4. The van der Waals surface area contributed by atoms with Crippen LogP contribution in [0.2, 0.25) is 13.1 Å². The summed E-state index contributed by atoms with van der Waals surface area (Å²) in [6.45, 7) is 34.3. The van der Waals surface area contributed by atoms with Crippen LogP contribution in [-0.2, 0) is 27.1 Å². The molecule has 11 heteroatoms. The number of thiophene rings is 3. The van der Waals surface area contributed by atoms with Gasteiger partial charge < -0.3 is 19.4 Å². The van der Waals surface area contributed by atoms with Crippen LogP contribution in [0.3, 0.4) is 0 Å². The molecular weight excluding hydrogens is 1540 g/mol. The largest absolute Gasteiger partial charge is 0.376 e. The molecule has 0 fully saturated rings. The van der Waals surface area contributed by atoms with Gasteiger partial charge in [-0.05, 0) is 225 Å². The fourth-order valence-corrected chi connectivity index (χ4v) is 30.8. The summed E-state index contributed by atoms with van der Waals surface area (Å²) in [5.41, 5.74) is 39.2. The number of nitrogens with zero attached hydrogens (tertiary/aromatic N) is 4. The molecular formula is C109H90B2N4S4Si. The first-order valence-corrected chi connectivity index (χ1v) is 49.3. The van der Waals surface area contributed by atoms with Gasteiger partial charge in [0.25, 0.3) is 0 Å². The lowest BCUT2D eigenvalue weighted by atomic mass is 9.45. The second kappa shape index (κ2) is 24.5.